The Hall–Kier alpha value is -2.37. The van der Waals surface area contributed by atoms with Crippen molar-refractivity contribution in [2.45, 2.75) is 38.8 Å². The lowest BCUT2D eigenvalue weighted by atomic mass is 10.3. The molecule has 0 radical (unpaired) electrons. The molecule has 1 heterocycles. The summed E-state index contributed by atoms with van der Waals surface area (Å²) in [6, 6.07) is 8.25. The Labute approximate surface area is 124 Å². The van der Waals surface area contributed by atoms with Crippen molar-refractivity contribution in [3.8, 4) is 5.75 Å². The number of nitrogens with zero attached hydrogens (tertiary/aromatic N) is 3. The SMILES string of the molecule is CC(C)Oc1ccc(Nc2nncc(NC3CC3)n2)cc1. The molecule has 2 N–H and O–H groups in total. The number of hydrogen-bond donors (Lipinski definition) is 2. The van der Waals surface area contributed by atoms with E-state index in [1.165, 1.54) is 12.8 Å². The predicted molar refractivity (Wildman–Crippen MR) is 82.0 cm³/mol. The van der Waals surface area contributed by atoms with Crippen molar-refractivity contribution in [3.63, 3.8) is 0 Å². The average Bonchev–Trinajstić information content (AvgIpc) is 3.25. The molecule has 21 heavy (non-hydrogen) atoms. The maximum atomic E-state index is 5.61. The lowest BCUT2D eigenvalue weighted by Crippen LogP contribution is -2.07. The van der Waals surface area contributed by atoms with Crippen LogP contribution in [0.2, 0.25) is 0 Å². The summed E-state index contributed by atoms with van der Waals surface area (Å²) in [7, 11) is 0. The summed E-state index contributed by atoms with van der Waals surface area (Å²) >= 11 is 0. The summed E-state index contributed by atoms with van der Waals surface area (Å²) in [6.07, 6.45) is 4.21. The number of hydrogen-bond acceptors (Lipinski definition) is 6. The van der Waals surface area contributed by atoms with Gasteiger partial charge in [-0.15, -0.1) is 5.10 Å². The third kappa shape index (κ3) is 4.05. The molecular formula is C15H19N5O. The highest BCUT2D eigenvalue weighted by atomic mass is 16.5. The highest BCUT2D eigenvalue weighted by Gasteiger charge is 2.21. The quantitative estimate of drug-likeness (QED) is 0.850. The number of anilines is 3. The van der Waals surface area contributed by atoms with E-state index in [0.29, 0.717) is 12.0 Å². The number of benzene rings is 1. The van der Waals surface area contributed by atoms with Gasteiger partial charge >= 0.3 is 0 Å². The van der Waals surface area contributed by atoms with Gasteiger partial charge in [0.25, 0.3) is 0 Å². The average molecular weight is 285 g/mol. The molecule has 110 valence electrons. The van der Waals surface area contributed by atoms with Gasteiger partial charge in [0.1, 0.15) is 5.75 Å². The van der Waals surface area contributed by atoms with Crippen LogP contribution in [-0.2, 0) is 0 Å². The molecule has 3 rings (SSSR count). The molecule has 0 unspecified atom stereocenters. The molecule has 1 aliphatic rings. The Morgan fingerprint density at radius 1 is 1.19 bits per heavy atom. The monoisotopic (exact) mass is 285 g/mol. The molecule has 1 aromatic carbocycles. The zero-order valence-corrected chi connectivity index (χ0v) is 12.2. The molecule has 2 aromatic rings. The number of ether oxygens (including phenoxy) is 1. The molecule has 0 amide bonds. The van der Waals surface area contributed by atoms with Crippen LogP contribution in [-0.4, -0.2) is 27.3 Å². The first-order chi connectivity index (χ1) is 10.2. The molecule has 0 bridgehead atoms. The maximum absolute atomic E-state index is 5.61. The zero-order chi connectivity index (χ0) is 14.7. The van der Waals surface area contributed by atoms with Crippen molar-refractivity contribution in [3.05, 3.63) is 30.5 Å². The molecule has 1 aromatic heterocycles. The second-order valence-corrected chi connectivity index (χ2v) is 5.40. The molecular weight excluding hydrogens is 266 g/mol. The van der Waals surface area contributed by atoms with Gasteiger partial charge in [-0.2, -0.15) is 10.1 Å². The Bertz CT molecular complexity index is 595. The van der Waals surface area contributed by atoms with Crippen LogP contribution in [0.15, 0.2) is 30.5 Å². The summed E-state index contributed by atoms with van der Waals surface area (Å²) in [5.74, 6) is 2.09. The van der Waals surface area contributed by atoms with Crippen LogP contribution in [0.25, 0.3) is 0 Å². The van der Waals surface area contributed by atoms with E-state index in [0.717, 1.165) is 17.3 Å². The van der Waals surface area contributed by atoms with E-state index < -0.39 is 0 Å². The summed E-state index contributed by atoms with van der Waals surface area (Å²) < 4.78 is 5.61. The van der Waals surface area contributed by atoms with Gasteiger partial charge in [-0.25, -0.2) is 0 Å². The largest absolute Gasteiger partial charge is 0.491 e. The van der Waals surface area contributed by atoms with Crippen molar-refractivity contribution in [1.82, 2.24) is 15.2 Å². The first-order valence-electron chi connectivity index (χ1n) is 7.19. The highest BCUT2D eigenvalue weighted by Crippen LogP contribution is 2.24. The molecule has 1 fully saturated rings. The fourth-order valence-corrected chi connectivity index (χ4v) is 1.88. The van der Waals surface area contributed by atoms with Crippen molar-refractivity contribution in [1.29, 1.82) is 0 Å². The Balaban J connectivity index is 1.65. The van der Waals surface area contributed by atoms with E-state index in [1.807, 2.05) is 38.1 Å². The van der Waals surface area contributed by atoms with Crippen LogP contribution in [0.4, 0.5) is 17.5 Å². The standard InChI is InChI=1S/C15H19N5O/c1-10(2)21-13-7-5-12(6-8-13)18-15-19-14(9-16-20-15)17-11-3-4-11/h5-11H,3-4H2,1-2H3,(H2,17,18,19,20). The van der Waals surface area contributed by atoms with E-state index in [9.17, 15) is 0 Å². The number of aromatic nitrogens is 3. The van der Waals surface area contributed by atoms with Gasteiger partial charge < -0.3 is 15.4 Å². The van der Waals surface area contributed by atoms with Gasteiger partial charge in [0.15, 0.2) is 5.82 Å². The Morgan fingerprint density at radius 2 is 1.95 bits per heavy atom. The minimum absolute atomic E-state index is 0.168. The molecule has 1 aliphatic carbocycles. The Morgan fingerprint density at radius 3 is 2.62 bits per heavy atom. The fraction of sp³-hybridized carbons (Fsp3) is 0.400. The van der Waals surface area contributed by atoms with E-state index in [2.05, 4.69) is 25.8 Å². The van der Waals surface area contributed by atoms with Gasteiger partial charge in [-0.05, 0) is 51.0 Å². The minimum Gasteiger partial charge on any atom is -0.491 e. The molecule has 0 atom stereocenters. The molecule has 6 nitrogen and oxygen atoms in total. The molecule has 0 saturated heterocycles. The third-order valence-electron chi connectivity index (χ3n) is 2.97. The van der Waals surface area contributed by atoms with Crippen LogP contribution in [0.5, 0.6) is 5.75 Å². The topological polar surface area (TPSA) is 72.0 Å². The van der Waals surface area contributed by atoms with Gasteiger partial charge in [-0.3, -0.25) is 0 Å². The van der Waals surface area contributed by atoms with Crippen molar-refractivity contribution >= 4 is 17.5 Å². The minimum atomic E-state index is 0.168. The molecule has 6 heteroatoms. The first kappa shape index (κ1) is 13.6. The van der Waals surface area contributed by atoms with Crippen LogP contribution >= 0.6 is 0 Å². The number of nitrogens with one attached hydrogen (secondary N) is 2. The third-order valence-corrected chi connectivity index (χ3v) is 2.97. The smallest absolute Gasteiger partial charge is 0.249 e. The lowest BCUT2D eigenvalue weighted by molar-refractivity contribution is 0.242. The molecule has 1 saturated carbocycles. The van der Waals surface area contributed by atoms with Crippen LogP contribution < -0.4 is 15.4 Å². The Kier molecular flexibility index (Phi) is 3.85. The summed E-state index contributed by atoms with van der Waals surface area (Å²) in [4.78, 5) is 4.39. The number of rotatable bonds is 6. The van der Waals surface area contributed by atoms with Crippen LogP contribution in [0.3, 0.4) is 0 Å². The van der Waals surface area contributed by atoms with E-state index in [1.54, 1.807) is 6.20 Å². The van der Waals surface area contributed by atoms with Gasteiger partial charge in [0.2, 0.25) is 5.95 Å². The summed E-state index contributed by atoms with van der Waals surface area (Å²) in [6.45, 7) is 4.01. The summed E-state index contributed by atoms with van der Waals surface area (Å²) in [5, 5.41) is 14.4. The highest BCUT2D eigenvalue weighted by molar-refractivity contribution is 5.55. The van der Waals surface area contributed by atoms with Crippen LogP contribution in [0.1, 0.15) is 26.7 Å². The lowest BCUT2D eigenvalue weighted by Gasteiger charge is -2.10. The van der Waals surface area contributed by atoms with Gasteiger partial charge in [0, 0.05) is 11.7 Å². The van der Waals surface area contributed by atoms with Crippen molar-refractivity contribution in [2.24, 2.45) is 0 Å². The van der Waals surface area contributed by atoms with Crippen LogP contribution in [0, 0.1) is 0 Å². The van der Waals surface area contributed by atoms with E-state index in [4.69, 9.17) is 4.74 Å². The zero-order valence-electron chi connectivity index (χ0n) is 12.2. The normalized spacial score (nSPS) is 14.0. The molecule has 0 aliphatic heterocycles. The van der Waals surface area contributed by atoms with E-state index >= 15 is 0 Å². The van der Waals surface area contributed by atoms with Crippen molar-refractivity contribution < 1.29 is 4.74 Å². The maximum Gasteiger partial charge on any atom is 0.249 e. The van der Waals surface area contributed by atoms with Gasteiger partial charge in [0.05, 0.1) is 12.3 Å². The predicted octanol–water partition coefficient (Wildman–Crippen LogP) is 2.98. The fourth-order valence-electron chi connectivity index (χ4n) is 1.88. The molecule has 0 spiro atoms. The van der Waals surface area contributed by atoms with E-state index in [-0.39, 0.29) is 6.10 Å². The first-order valence-corrected chi connectivity index (χ1v) is 7.19. The second kappa shape index (κ2) is 5.95. The van der Waals surface area contributed by atoms with Crippen molar-refractivity contribution in [2.75, 3.05) is 10.6 Å². The van der Waals surface area contributed by atoms with Gasteiger partial charge in [-0.1, -0.05) is 0 Å². The second-order valence-electron chi connectivity index (χ2n) is 5.40. The summed E-state index contributed by atoms with van der Waals surface area (Å²) in [5.41, 5.74) is 0.900.